The van der Waals surface area contributed by atoms with Crippen LogP contribution in [0.1, 0.15) is 42.1 Å². The average Bonchev–Trinajstić information content (AvgIpc) is 3.38. The minimum Gasteiger partial charge on any atom is -0.550 e. The molecule has 1 atom stereocenters. The lowest BCUT2D eigenvalue weighted by Crippen LogP contribution is -2.39. The zero-order chi connectivity index (χ0) is 27.5. The monoisotopic (exact) mass is 584 g/mol. The first-order valence-electron chi connectivity index (χ1n) is 12.7. The Hall–Kier alpha value is -4.17. The summed E-state index contributed by atoms with van der Waals surface area (Å²) in [6, 6.07) is 23.3. The van der Waals surface area contributed by atoms with Gasteiger partial charge in [0.25, 0.3) is 0 Å². The van der Waals surface area contributed by atoms with Gasteiger partial charge < -0.3 is 14.6 Å². The van der Waals surface area contributed by atoms with E-state index in [2.05, 4.69) is 39.6 Å². The number of methoxy groups -OCH3 is 1. The molecule has 0 radical (unpaired) electrons. The molecule has 0 saturated carbocycles. The van der Waals surface area contributed by atoms with E-state index in [4.69, 9.17) is 9.72 Å². The summed E-state index contributed by atoms with van der Waals surface area (Å²) in [4.78, 5) is 29.2. The van der Waals surface area contributed by atoms with Crippen LogP contribution in [-0.4, -0.2) is 29.0 Å². The van der Waals surface area contributed by atoms with Crippen LogP contribution in [0.15, 0.2) is 83.3 Å². The van der Waals surface area contributed by atoms with Gasteiger partial charge in [-0.3, -0.25) is 15.2 Å². The summed E-state index contributed by atoms with van der Waals surface area (Å²) in [7, 11) is 1.61. The van der Waals surface area contributed by atoms with Crippen molar-refractivity contribution in [1.82, 2.24) is 15.4 Å². The number of aromatic nitrogens is 1. The fraction of sp³-hybridized carbons (Fsp3) is 0.194. The molecule has 1 amide bonds. The van der Waals surface area contributed by atoms with Crippen LogP contribution < -0.4 is 15.3 Å². The predicted octanol–water partition coefficient (Wildman–Crippen LogP) is 5.33. The molecule has 0 saturated heterocycles. The molecule has 5 rings (SSSR count). The van der Waals surface area contributed by atoms with Crippen molar-refractivity contribution in [2.45, 2.75) is 32.2 Å². The number of amides is 1. The Morgan fingerprint density at radius 2 is 1.77 bits per heavy atom. The normalized spacial score (nSPS) is 14.7. The Labute approximate surface area is 235 Å². The lowest BCUT2D eigenvalue weighted by atomic mass is 9.92. The Kier molecular flexibility index (Phi) is 7.65. The third-order valence-corrected chi connectivity index (χ3v) is 7.29. The molecule has 0 fully saturated rings. The number of fused-ring (bicyclic) bond motifs is 1. The molecular weight excluding hydrogens is 558 g/mol. The van der Waals surface area contributed by atoms with Crippen LogP contribution in [0.3, 0.4) is 0 Å². The number of nitrogens with zero attached hydrogens (tertiary/aromatic N) is 2. The molecule has 7 nitrogen and oxygen atoms in total. The molecule has 8 heteroatoms. The second-order valence-corrected chi connectivity index (χ2v) is 10.3. The van der Waals surface area contributed by atoms with Gasteiger partial charge in [0.15, 0.2) is 0 Å². The molecule has 1 unspecified atom stereocenters. The number of hydrogen-bond acceptors (Lipinski definition) is 6. The molecule has 1 aliphatic heterocycles. The highest BCUT2D eigenvalue weighted by Crippen LogP contribution is 2.41. The molecule has 1 N–H and O–H groups in total. The molecule has 0 bridgehead atoms. The molecule has 4 aromatic rings. The van der Waals surface area contributed by atoms with E-state index in [1.165, 1.54) is 0 Å². The zero-order valence-corrected chi connectivity index (χ0v) is 23.2. The molecule has 3 aromatic carbocycles. The van der Waals surface area contributed by atoms with Crippen LogP contribution in [0.5, 0.6) is 5.75 Å². The lowest BCUT2D eigenvalue weighted by Gasteiger charge is -2.26. The SMILES string of the molecule is COc1ccc(C2C=C(c3c(C)nc4ccc(Br)cc4c3-c3ccccc3)NN2C(=O)CCCC(=O)[O-])cc1. The number of rotatable bonds is 8. The molecule has 0 aliphatic carbocycles. The van der Waals surface area contributed by atoms with Crippen molar-refractivity contribution in [3.8, 4) is 16.9 Å². The van der Waals surface area contributed by atoms with Crippen LogP contribution in [0.4, 0.5) is 0 Å². The highest BCUT2D eigenvalue weighted by Gasteiger charge is 2.32. The van der Waals surface area contributed by atoms with E-state index in [1.54, 1.807) is 12.1 Å². The summed E-state index contributed by atoms with van der Waals surface area (Å²) >= 11 is 3.61. The number of aryl methyl sites for hydroxylation is 1. The fourth-order valence-corrected chi connectivity index (χ4v) is 5.33. The van der Waals surface area contributed by atoms with E-state index < -0.39 is 12.0 Å². The van der Waals surface area contributed by atoms with Gasteiger partial charge in [0.2, 0.25) is 5.91 Å². The van der Waals surface area contributed by atoms with Gasteiger partial charge >= 0.3 is 0 Å². The second kappa shape index (κ2) is 11.3. The Bertz CT molecular complexity index is 1570. The number of hydrogen-bond donors (Lipinski definition) is 1. The largest absolute Gasteiger partial charge is 0.550 e. The maximum Gasteiger partial charge on any atom is 0.241 e. The molecule has 2 heterocycles. The second-order valence-electron chi connectivity index (χ2n) is 9.37. The number of carbonyl (C=O) groups excluding carboxylic acids is 2. The Morgan fingerprint density at radius 1 is 1.03 bits per heavy atom. The molecule has 0 spiro atoms. The average molecular weight is 585 g/mol. The van der Waals surface area contributed by atoms with Crippen molar-refractivity contribution >= 4 is 44.4 Å². The van der Waals surface area contributed by atoms with E-state index in [1.807, 2.05) is 67.6 Å². The van der Waals surface area contributed by atoms with Crippen molar-refractivity contribution in [1.29, 1.82) is 0 Å². The van der Waals surface area contributed by atoms with Gasteiger partial charge in [-0.05, 0) is 67.3 Å². The molecular formula is C31H27BrN3O4-. The first kappa shape index (κ1) is 26.4. The smallest absolute Gasteiger partial charge is 0.241 e. The van der Waals surface area contributed by atoms with Gasteiger partial charge in [-0.15, -0.1) is 0 Å². The highest BCUT2D eigenvalue weighted by atomic mass is 79.9. The van der Waals surface area contributed by atoms with E-state index in [-0.39, 0.29) is 25.2 Å². The molecule has 1 aliphatic rings. The highest BCUT2D eigenvalue weighted by molar-refractivity contribution is 9.10. The van der Waals surface area contributed by atoms with E-state index >= 15 is 0 Å². The summed E-state index contributed by atoms with van der Waals surface area (Å²) in [5.74, 6) is -0.662. The Balaban J connectivity index is 1.64. The van der Waals surface area contributed by atoms with Crippen molar-refractivity contribution < 1.29 is 19.4 Å². The number of aliphatic carboxylic acids is 1. The van der Waals surface area contributed by atoms with E-state index in [9.17, 15) is 14.7 Å². The van der Waals surface area contributed by atoms with Crippen LogP contribution in [0, 0.1) is 6.92 Å². The Morgan fingerprint density at radius 3 is 2.46 bits per heavy atom. The number of pyridine rings is 1. The van der Waals surface area contributed by atoms with Crippen molar-refractivity contribution in [3.63, 3.8) is 0 Å². The van der Waals surface area contributed by atoms with Gasteiger partial charge in [0.05, 0.1) is 24.4 Å². The number of benzene rings is 3. The fourth-order valence-electron chi connectivity index (χ4n) is 4.97. The van der Waals surface area contributed by atoms with Gasteiger partial charge in [-0.25, -0.2) is 5.01 Å². The predicted molar refractivity (Wildman–Crippen MR) is 152 cm³/mol. The van der Waals surface area contributed by atoms with Crippen molar-refractivity contribution in [2.75, 3.05) is 7.11 Å². The van der Waals surface area contributed by atoms with E-state index in [0.717, 1.165) is 49.0 Å². The van der Waals surface area contributed by atoms with Crippen molar-refractivity contribution in [2.24, 2.45) is 0 Å². The van der Waals surface area contributed by atoms with Gasteiger partial charge in [0, 0.05) is 39.1 Å². The summed E-state index contributed by atoms with van der Waals surface area (Å²) in [6.45, 7) is 1.97. The number of halogens is 1. The van der Waals surface area contributed by atoms with Gasteiger partial charge in [-0.2, -0.15) is 0 Å². The number of carboxylic acids is 1. The minimum absolute atomic E-state index is 0.0716. The summed E-state index contributed by atoms with van der Waals surface area (Å²) in [5, 5.41) is 13.5. The van der Waals surface area contributed by atoms with Crippen LogP contribution in [-0.2, 0) is 9.59 Å². The number of carboxylic acid groups (broad SMARTS) is 1. The standard InChI is InChI=1S/C31H28BrN3O4/c1-19-30(31(21-7-4-3-5-8-21)24-17-22(32)13-16-25(24)33-19)26-18-27(20-11-14-23(39-2)15-12-20)35(34-26)28(36)9-6-10-29(37)38/h3-5,7-8,11-18,27,34H,6,9-10H2,1-2H3,(H,37,38)/p-1. The maximum absolute atomic E-state index is 13.4. The molecule has 39 heavy (non-hydrogen) atoms. The van der Waals surface area contributed by atoms with Gasteiger partial charge in [0.1, 0.15) is 5.75 Å². The minimum atomic E-state index is -1.17. The number of carbonyl (C=O) groups is 2. The number of nitrogens with one attached hydrogen (secondary N) is 1. The first-order chi connectivity index (χ1) is 18.9. The maximum atomic E-state index is 13.4. The van der Waals surface area contributed by atoms with Crippen LogP contribution in [0.2, 0.25) is 0 Å². The van der Waals surface area contributed by atoms with Gasteiger partial charge in [-0.1, -0.05) is 58.4 Å². The quantitative estimate of drug-likeness (QED) is 0.301. The topological polar surface area (TPSA) is 94.6 Å². The summed E-state index contributed by atoms with van der Waals surface area (Å²) < 4.78 is 6.26. The third kappa shape index (κ3) is 5.52. The molecule has 198 valence electrons. The molecule has 1 aromatic heterocycles. The third-order valence-electron chi connectivity index (χ3n) is 6.80. The van der Waals surface area contributed by atoms with Crippen molar-refractivity contribution in [3.05, 3.63) is 100 Å². The van der Waals surface area contributed by atoms with Crippen LogP contribution in [0.25, 0.3) is 27.7 Å². The van der Waals surface area contributed by atoms with E-state index in [0.29, 0.717) is 5.75 Å². The van der Waals surface area contributed by atoms with Crippen LogP contribution >= 0.6 is 15.9 Å². The lowest BCUT2D eigenvalue weighted by molar-refractivity contribution is -0.305. The summed E-state index contributed by atoms with van der Waals surface area (Å²) in [5.41, 5.74) is 9.64. The zero-order valence-electron chi connectivity index (χ0n) is 21.6. The first-order valence-corrected chi connectivity index (χ1v) is 13.4. The number of ether oxygens (including phenoxy) is 1. The number of hydrazine groups is 1. The summed E-state index contributed by atoms with van der Waals surface area (Å²) in [6.07, 6.45) is 2.12.